The number of unbranched alkanes of at least 4 members (excludes halogenated alkanes) is 19. The van der Waals surface area contributed by atoms with E-state index < -0.39 is 51.1 Å². The zero-order chi connectivity index (χ0) is 46.3. The third kappa shape index (κ3) is 45.3. The molecule has 0 aromatic rings. The molecule has 0 saturated carbocycles. The van der Waals surface area contributed by atoms with Gasteiger partial charge in [0.1, 0.15) is 12.6 Å². The highest BCUT2D eigenvalue weighted by atomic mass is 31.2. The van der Waals surface area contributed by atoms with Crippen molar-refractivity contribution in [1.29, 1.82) is 0 Å². The lowest BCUT2D eigenvalue weighted by atomic mass is 10.1. The largest absolute Gasteiger partial charge is 0.480 e. The van der Waals surface area contributed by atoms with Crippen molar-refractivity contribution < 1.29 is 47.5 Å². The SMILES string of the molecule is CC/C=C\C/C=C\C/C=C\C/C=C\CCCCCCCCCCC(=O)OC(COC(=O)CCCCCCCCC/C=C\C/C=C\CCCCCC)COP(=O)(O)OCC(N)C(=O)O. The zero-order valence-corrected chi connectivity index (χ0v) is 40.3. The third-order valence-electron chi connectivity index (χ3n) is 10.2. The maximum Gasteiger partial charge on any atom is 0.472 e. The number of esters is 2. The Hall–Kier alpha value is -3.08. The molecule has 3 atom stereocenters. The van der Waals surface area contributed by atoms with Crippen molar-refractivity contribution in [2.45, 2.75) is 212 Å². The number of carbonyl (C=O) groups excluding carboxylic acids is 2. The standard InChI is InChI=1S/C51H88NO10P/c1-3-5-7-9-11-13-15-17-19-21-23-24-25-27-29-31-33-35-37-39-41-43-50(54)62-47(45-60-63(57,58)61-46-48(52)51(55)56)44-59-49(53)42-40-38-36-34-32-30-28-26-22-20-18-16-14-12-10-8-6-4-2/h5,7,11,13-14,16-17,19-20,22-24,47-48H,3-4,6,8-10,12,15,18,21,25-46,52H2,1-2H3,(H,55,56)(H,57,58)/b7-5-,13-11-,16-14-,19-17-,22-20-,24-23-. The van der Waals surface area contributed by atoms with Crippen molar-refractivity contribution in [3.63, 3.8) is 0 Å². The molecule has 0 aliphatic heterocycles. The molecule has 0 radical (unpaired) electrons. The van der Waals surface area contributed by atoms with E-state index in [1.165, 1.54) is 64.2 Å². The van der Waals surface area contributed by atoms with E-state index in [2.05, 4.69) is 91.3 Å². The zero-order valence-electron chi connectivity index (χ0n) is 39.4. The van der Waals surface area contributed by atoms with Gasteiger partial charge in [-0.25, -0.2) is 4.57 Å². The molecular weight excluding hydrogens is 818 g/mol. The summed E-state index contributed by atoms with van der Waals surface area (Å²) in [4.78, 5) is 46.1. The van der Waals surface area contributed by atoms with Crippen molar-refractivity contribution in [3.05, 3.63) is 72.9 Å². The molecule has 4 N–H and O–H groups in total. The molecule has 12 heteroatoms. The first-order valence-electron chi connectivity index (χ1n) is 24.5. The Balaban J connectivity index is 4.32. The Morgan fingerprint density at radius 1 is 0.508 bits per heavy atom. The van der Waals surface area contributed by atoms with Crippen LogP contribution < -0.4 is 5.73 Å². The lowest BCUT2D eigenvalue weighted by Gasteiger charge is -2.20. The number of carboxylic acid groups (broad SMARTS) is 1. The summed E-state index contributed by atoms with van der Waals surface area (Å²) in [6, 6.07) is -1.53. The number of carboxylic acids is 1. The number of nitrogens with two attached hydrogens (primary N) is 1. The lowest BCUT2D eigenvalue weighted by molar-refractivity contribution is -0.161. The van der Waals surface area contributed by atoms with Crippen molar-refractivity contribution in [2.75, 3.05) is 19.8 Å². The highest BCUT2D eigenvalue weighted by Gasteiger charge is 2.28. The number of rotatable bonds is 45. The number of phosphoric acid groups is 1. The predicted molar refractivity (Wildman–Crippen MR) is 258 cm³/mol. The van der Waals surface area contributed by atoms with E-state index in [0.717, 1.165) is 96.3 Å². The number of hydrogen-bond acceptors (Lipinski definition) is 9. The van der Waals surface area contributed by atoms with Crippen molar-refractivity contribution >= 4 is 25.7 Å². The first-order chi connectivity index (χ1) is 30.6. The predicted octanol–water partition coefficient (Wildman–Crippen LogP) is 13.7. The van der Waals surface area contributed by atoms with E-state index in [4.69, 9.17) is 24.8 Å². The summed E-state index contributed by atoms with van der Waals surface area (Å²) in [6.45, 7) is 2.67. The summed E-state index contributed by atoms with van der Waals surface area (Å²) in [7, 11) is -4.73. The molecule has 3 unspecified atom stereocenters. The maximum atomic E-state index is 12.7. The highest BCUT2D eigenvalue weighted by Crippen LogP contribution is 2.43. The van der Waals surface area contributed by atoms with Crippen LogP contribution in [0, 0.1) is 0 Å². The molecule has 0 amide bonds. The molecule has 0 aliphatic rings. The van der Waals surface area contributed by atoms with Crippen LogP contribution in [0.4, 0.5) is 0 Å². The summed E-state index contributed by atoms with van der Waals surface area (Å²) < 4.78 is 32.8. The second kappa shape index (κ2) is 45.5. The summed E-state index contributed by atoms with van der Waals surface area (Å²) in [5.41, 5.74) is 5.35. The third-order valence-corrected chi connectivity index (χ3v) is 11.1. The Morgan fingerprint density at radius 2 is 0.889 bits per heavy atom. The Morgan fingerprint density at radius 3 is 1.33 bits per heavy atom. The molecule has 63 heavy (non-hydrogen) atoms. The molecule has 0 spiro atoms. The molecule has 0 aliphatic carbocycles. The van der Waals surface area contributed by atoms with Crippen molar-refractivity contribution in [1.82, 2.24) is 0 Å². The van der Waals surface area contributed by atoms with Crippen molar-refractivity contribution in [2.24, 2.45) is 5.73 Å². The minimum absolute atomic E-state index is 0.146. The van der Waals surface area contributed by atoms with Crippen LogP contribution in [-0.4, -0.2) is 59.9 Å². The summed E-state index contributed by atoms with van der Waals surface area (Å²) in [6.07, 6.45) is 55.2. The van der Waals surface area contributed by atoms with Crippen LogP contribution in [-0.2, 0) is 37.5 Å². The van der Waals surface area contributed by atoms with Gasteiger partial charge >= 0.3 is 25.7 Å². The topological polar surface area (TPSA) is 172 Å². The van der Waals surface area contributed by atoms with Gasteiger partial charge in [0.2, 0.25) is 0 Å². The van der Waals surface area contributed by atoms with Crippen molar-refractivity contribution in [3.8, 4) is 0 Å². The Kier molecular flexibility index (Phi) is 43.3. The minimum Gasteiger partial charge on any atom is -0.480 e. The number of phosphoric ester groups is 1. The van der Waals surface area contributed by atoms with Gasteiger partial charge in [0, 0.05) is 12.8 Å². The van der Waals surface area contributed by atoms with E-state index >= 15 is 0 Å². The van der Waals surface area contributed by atoms with Crippen LogP contribution in [0.5, 0.6) is 0 Å². The summed E-state index contributed by atoms with van der Waals surface area (Å²) in [5, 5.41) is 8.92. The number of aliphatic carboxylic acids is 1. The van der Waals surface area contributed by atoms with Crippen LogP contribution in [0.15, 0.2) is 72.9 Å². The van der Waals surface area contributed by atoms with Gasteiger partial charge < -0.3 is 25.2 Å². The fraction of sp³-hybridized carbons (Fsp3) is 0.706. The Labute approximate surface area is 382 Å². The van der Waals surface area contributed by atoms with Crippen LogP contribution in [0.2, 0.25) is 0 Å². The van der Waals surface area contributed by atoms with Gasteiger partial charge in [0.05, 0.1) is 13.2 Å². The van der Waals surface area contributed by atoms with Crippen LogP contribution in [0.25, 0.3) is 0 Å². The first-order valence-corrected chi connectivity index (χ1v) is 26.0. The summed E-state index contributed by atoms with van der Waals surface area (Å²) in [5.74, 6) is -2.40. The monoisotopic (exact) mass is 906 g/mol. The molecule has 362 valence electrons. The van der Waals surface area contributed by atoms with Gasteiger partial charge in [-0.2, -0.15) is 0 Å². The molecule has 11 nitrogen and oxygen atoms in total. The van der Waals surface area contributed by atoms with Crippen LogP contribution >= 0.6 is 7.82 Å². The maximum absolute atomic E-state index is 12.7. The van der Waals surface area contributed by atoms with E-state index in [9.17, 15) is 23.8 Å². The van der Waals surface area contributed by atoms with Gasteiger partial charge in [-0.3, -0.25) is 23.4 Å². The number of allylic oxidation sites excluding steroid dienone is 12. The second-order valence-corrected chi connectivity index (χ2v) is 17.7. The fourth-order valence-corrected chi connectivity index (χ4v) is 7.16. The summed E-state index contributed by atoms with van der Waals surface area (Å²) >= 11 is 0. The second-order valence-electron chi connectivity index (χ2n) is 16.2. The van der Waals surface area contributed by atoms with Gasteiger partial charge in [0.25, 0.3) is 0 Å². The first kappa shape index (κ1) is 59.9. The number of carbonyl (C=O) groups is 3. The minimum atomic E-state index is -4.73. The average molecular weight is 906 g/mol. The van der Waals surface area contributed by atoms with Crippen LogP contribution in [0.3, 0.4) is 0 Å². The normalized spacial score (nSPS) is 14.2. The van der Waals surface area contributed by atoms with Gasteiger partial charge in [-0.05, 0) is 83.5 Å². The quantitative estimate of drug-likeness (QED) is 0.0230. The van der Waals surface area contributed by atoms with E-state index in [1.54, 1.807) is 0 Å². The number of hydrogen-bond donors (Lipinski definition) is 3. The molecule has 0 fully saturated rings. The highest BCUT2D eigenvalue weighted by molar-refractivity contribution is 7.47. The molecular formula is C51H88NO10P. The lowest BCUT2D eigenvalue weighted by Crippen LogP contribution is -2.34. The van der Waals surface area contributed by atoms with Gasteiger partial charge in [0.15, 0.2) is 6.10 Å². The number of ether oxygens (including phenoxy) is 2. The molecule has 0 rings (SSSR count). The fourth-order valence-electron chi connectivity index (χ4n) is 6.38. The van der Waals surface area contributed by atoms with Crippen LogP contribution in [0.1, 0.15) is 200 Å². The molecule has 0 aromatic carbocycles. The molecule has 0 aromatic heterocycles. The smallest absolute Gasteiger partial charge is 0.472 e. The molecule has 0 bridgehead atoms. The van der Waals surface area contributed by atoms with Gasteiger partial charge in [-0.15, -0.1) is 0 Å². The van der Waals surface area contributed by atoms with Gasteiger partial charge in [-0.1, -0.05) is 177 Å². The molecule has 0 heterocycles. The van der Waals surface area contributed by atoms with E-state index in [-0.39, 0.29) is 19.4 Å². The Bertz CT molecular complexity index is 1340. The molecule has 0 saturated heterocycles. The van der Waals surface area contributed by atoms with E-state index in [1.807, 2.05) is 0 Å². The van der Waals surface area contributed by atoms with E-state index in [0.29, 0.717) is 12.8 Å². The average Bonchev–Trinajstić information content (AvgIpc) is 3.26.